The molecule has 0 aliphatic carbocycles. The molecule has 0 bridgehead atoms. The van der Waals surface area contributed by atoms with Crippen LogP contribution in [0.5, 0.6) is 0 Å². The molecule has 1 aromatic carbocycles. The van der Waals surface area contributed by atoms with Gasteiger partial charge in [0.25, 0.3) is 0 Å². The van der Waals surface area contributed by atoms with E-state index in [1.807, 2.05) is 25.3 Å². The fraction of sp³-hybridized carbons (Fsp3) is 0.273. The lowest BCUT2D eigenvalue weighted by Crippen LogP contribution is -2.39. The van der Waals surface area contributed by atoms with Crippen molar-refractivity contribution in [3.05, 3.63) is 42.2 Å². The van der Waals surface area contributed by atoms with E-state index in [9.17, 15) is 0 Å². The molecule has 0 saturated carbocycles. The Morgan fingerprint density at radius 3 is 2.29 bits per heavy atom. The van der Waals surface area contributed by atoms with Crippen LogP contribution in [-0.2, 0) is 0 Å². The maximum atomic E-state index is 2.12. The van der Waals surface area contributed by atoms with Gasteiger partial charge < -0.3 is 0 Å². The number of aryl methyl sites for hydroxylation is 1. The second kappa shape index (κ2) is 3.35. The molecule has 1 aliphatic heterocycles. The van der Waals surface area contributed by atoms with E-state index in [0.717, 1.165) is 0 Å². The lowest BCUT2D eigenvalue weighted by atomic mass is 10.2. The van der Waals surface area contributed by atoms with Gasteiger partial charge >= 0.3 is 0 Å². The van der Waals surface area contributed by atoms with Crippen LogP contribution < -0.4 is 5.01 Å². The number of hydrogen-bond donors (Lipinski definition) is 0. The summed E-state index contributed by atoms with van der Waals surface area (Å²) >= 11 is 0. The summed E-state index contributed by atoms with van der Waals surface area (Å²) in [5.41, 5.74) is 2.50. The van der Waals surface area contributed by atoms with Gasteiger partial charge in [0.15, 0.2) is 0 Å². The van der Waals surface area contributed by atoms with E-state index in [0.29, 0.717) is 0 Å². The molecule has 0 radical (unpaired) electrons. The molecule has 0 amide bonds. The van der Waals surface area contributed by atoms with Crippen LogP contribution >= 0.6 is 0 Å². The summed E-state index contributed by atoms with van der Waals surface area (Å²) in [5.74, 6) is 0. The number of benzene rings is 1. The van der Waals surface area contributed by atoms with Gasteiger partial charge in [-0.2, -0.15) is 0 Å². The standard InChI is InChI=1S/C11H15N3/c1-10-6-4-5-7-11(10)14-9-8-12(2)13(14)3/h4-9H,1-3H3. The molecule has 0 atom stereocenters. The Morgan fingerprint density at radius 2 is 1.71 bits per heavy atom. The van der Waals surface area contributed by atoms with E-state index in [1.165, 1.54) is 11.3 Å². The smallest absolute Gasteiger partial charge is 0.0620 e. The Morgan fingerprint density at radius 1 is 1.00 bits per heavy atom. The predicted octanol–water partition coefficient (Wildman–Crippen LogP) is 1.98. The van der Waals surface area contributed by atoms with Gasteiger partial charge in [0.2, 0.25) is 0 Å². The topological polar surface area (TPSA) is 9.72 Å². The van der Waals surface area contributed by atoms with Crippen LogP contribution in [0.25, 0.3) is 0 Å². The van der Waals surface area contributed by atoms with Crippen LogP contribution in [0.3, 0.4) is 0 Å². The summed E-state index contributed by atoms with van der Waals surface area (Å²) < 4.78 is 0. The van der Waals surface area contributed by atoms with Gasteiger partial charge in [-0.25, -0.2) is 0 Å². The van der Waals surface area contributed by atoms with Crippen molar-refractivity contribution >= 4 is 5.69 Å². The molecule has 1 aliphatic rings. The van der Waals surface area contributed by atoms with Crippen molar-refractivity contribution in [1.82, 2.24) is 10.1 Å². The highest BCUT2D eigenvalue weighted by atomic mass is 15.9. The Balaban J connectivity index is 2.33. The maximum absolute atomic E-state index is 2.12. The van der Waals surface area contributed by atoms with Crippen molar-refractivity contribution in [3.63, 3.8) is 0 Å². The number of para-hydroxylation sites is 1. The lowest BCUT2D eigenvalue weighted by Gasteiger charge is -2.30. The van der Waals surface area contributed by atoms with E-state index in [-0.39, 0.29) is 0 Å². The molecule has 74 valence electrons. The molecular weight excluding hydrogens is 174 g/mol. The Labute approximate surface area is 84.8 Å². The van der Waals surface area contributed by atoms with Crippen molar-refractivity contribution in [1.29, 1.82) is 0 Å². The number of nitrogens with zero attached hydrogens (tertiary/aromatic N) is 3. The average molecular weight is 189 g/mol. The lowest BCUT2D eigenvalue weighted by molar-refractivity contribution is 0.101. The summed E-state index contributed by atoms with van der Waals surface area (Å²) in [5, 5.41) is 6.21. The van der Waals surface area contributed by atoms with Crippen molar-refractivity contribution in [2.75, 3.05) is 19.1 Å². The molecule has 0 spiro atoms. The summed E-state index contributed by atoms with van der Waals surface area (Å²) in [6.45, 7) is 2.12. The Hall–Kier alpha value is -1.48. The first-order valence-electron chi connectivity index (χ1n) is 4.70. The normalized spacial score (nSPS) is 16.8. The third-order valence-electron chi connectivity index (χ3n) is 2.55. The van der Waals surface area contributed by atoms with E-state index < -0.39 is 0 Å². The minimum Gasteiger partial charge on any atom is -0.297 e. The largest absolute Gasteiger partial charge is 0.297 e. The summed E-state index contributed by atoms with van der Waals surface area (Å²) in [7, 11) is 4.06. The number of rotatable bonds is 1. The van der Waals surface area contributed by atoms with E-state index in [2.05, 4.69) is 47.5 Å². The Bertz CT molecular complexity index is 359. The van der Waals surface area contributed by atoms with Gasteiger partial charge in [-0.15, -0.1) is 5.12 Å². The maximum Gasteiger partial charge on any atom is 0.0620 e. The summed E-state index contributed by atoms with van der Waals surface area (Å²) in [4.78, 5) is 0. The molecule has 1 heterocycles. The van der Waals surface area contributed by atoms with Gasteiger partial charge in [-0.1, -0.05) is 18.2 Å². The first kappa shape index (κ1) is 9.09. The highest BCUT2D eigenvalue weighted by molar-refractivity contribution is 5.54. The average Bonchev–Trinajstić information content (AvgIpc) is 2.49. The highest BCUT2D eigenvalue weighted by Crippen LogP contribution is 2.24. The zero-order chi connectivity index (χ0) is 10.1. The molecule has 2 rings (SSSR count). The molecule has 3 heteroatoms. The molecule has 0 unspecified atom stereocenters. The molecule has 0 fully saturated rings. The molecule has 1 aromatic rings. The van der Waals surface area contributed by atoms with Gasteiger partial charge in [-0.3, -0.25) is 10.0 Å². The van der Waals surface area contributed by atoms with Gasteiger partial charge in [0.1, 0.15) is 0 Å². The molecule has 14 heavy (non-hydrogen) atoms. The number of hydrogen-bond acceptors (Lipinski definition) is 3. The van der Waals surface area contributed by atoms with Crippen molar-refractivity contribution < 1.29 is 0 Å². The molecule has 0 saturated heterocycles. The minimum atomic E-state index is 1.22. The Kier molecular flexibility index (Phi) is 2.17. The van der Waals surface area contributed by atoms with Crippen molar-refractivity contribution in [3.8, 4) is 0 Å². The SMILES string of the molecule is Cc1ccccc1N1C=CN(C)N1C. The molecular formula is C11H15N3. The third kappa shape index (κ3) is 1.36. The second-order valence-electron chi connectivity index (χ2n) is 3.49. The van der Waals surface area contributed by atoms with E-state index in [1.54, 1.807) is 0 Å². The molecule has 0 aromatic heterocycles. The monoisotopic (exact) mass is 189 g/mol. The van der Waals surface area contributed by atoms with Crippen LogP contribution in [0.2, 0.25) is 0 Å². The first-order valence-corrected chi connectivity index (χ1v) is 4.70. The van der Waals surface area contributed by atoms with Crippen LogP contribution in [0, 0.1) is 6.92 Å². The summed E-state index contributed by atoms with van der Waals surface area (Å²) in [6, 6.07) is 8.36. The van der Waals surface area contributed by atoms with E-state index >= 15 is 0 Å². The zero-order valence-corrected chi connectivity index (χ0v) is 8.81. The van der Waals surface area contributed by atoms with Crippen LogP contribution in [0.15, 0.2) is 36.7 Å². The van der Waals surface area contributed by atoms with Crippen molar-refractivity contribution in [2.45, 2.75) is 6.92 Å². The third-order valence-corrected chi connectivity index (χ3v) is 2.55. The number of anilines is 1. The predicted molar refractivity (Wildman–Crippen MR) is 58.3 cm³/mol. The van der Waals surface area contributed by atoms with Gasteiger partial charge in [0.05, 0.1) is 5.69 Å². The van der Waals surface area contributed by atoms with Crippen molar-refractivity contribution in [2.24, 2.45) is 0 Å². The van der Waals surface area contributed by atoms with Gasteiger partial charge in [-0.05, 0) is 18.6 Å². The van der Waals surface area contributed by atoms with E-state index in [4.69, 9.17) is 0 Å². The van der Waals surface area contributed by atoms with Gasteiger partial charge in [0, 0.05) is 26.5 Å². The zero-order valence-electron chi connectivity index (χ0n) is 8.81. The fourth-order valence-electron chi connectivity index (χ4n) is 1.56. The molecule has 3 nitrogen and oxygen atoms in total. The fourth-order valence-corrected chi connectivity index (χ4v) is 1.56. The van der Waals surface area contributed by atoms with Crippen LogP contribution in [-0.4, -0.2) is 24.2 Å². The van der Waals surface area contributed by atoms with Crippen LogP contribution in [0.1, 0.15) is 5.56 Å². The minimum absolute atomic E-state index is 1.22. The number of hydrazine groups is 2. The quantitative estimate of drug-likeness (QED) is 0.669. The highest BCUT2D eigenvalue weighted by Gasteiger charge is 2.18. The molecule has 0 N–H and O–H groups in total. The first-order chi connectivity index (χ1) is 6.70. The summed E-state index contributed by atoms with van der Waals surface area (Å²) in [6.07, 6.45) is 4.09. The second-order valence-corrected chi connectivity index (χ2v) is 3.49. The van der Waals surface area contributed by atoms with Crippen LogP contribution in [0.4, 0.5) is 5.69 Å².